The molecule has 0 aromatic carbocycles. The summed E-state index contributed by atoms with van der Waals surface area (Å²) in [6.07, 6.45) is 5.31. The van der Waals surface area contributed by atoms with Crippen LogP contribution in [0.2, 0.25) is 0 Å². The summed E-state index contributed by atoms with van der Waals surface area (Å²) in [4.78, 5) is 26.0. The summed E-state index contributed by atoms with van der Waals surface area (Å²) in [5.41, 5.74) is 0. The Morgan fingerprint density at radius 1 is 1.35 bits per heavy atom. The lowest BCUT2D eigenvalue weighted by atomic mass is 9.87. The van der Waals surface area contributed by atoms with Gasteiger partial charge in [0.05, 0.1) is 18.6 Å². The molecule has 0 radical (unpaired) electrons. The molecule has 0 spiro atoms. The topological polar surface area (TPSA) is 46.6 Å². The minimum atomic E-state index is -0.360. The van der Waals surface area contributed by atoms with Crippen LogP contribution in [0.25, 0.3) is 0 Å². The van der Waals surface area contributed by atoms with Gasteiger partial charge in [0.25, 0.3) is 0 Å². The Labute approximate surface area is 102 Å². The van der Waals surface area contributed by atoms with Crippen molar-refractivity contribution < 1.29 is 14.3 Å². The number of hydrogen-bond acceptors (Lipinski definition) is 3. The lowest BCUT2D eigenvalue weighted by Gasteiger charge is -2.29. The molecule has 17 heavy (non-hydrogen) atoms. The molecule has 2 rings (SSSR count). The second kappa shape index (κ2) is 5.63. The number of amides is 1. The zero-order chi connectivity index (χ0) is 12.3. The molecule has 4 nitrogen and oxygen atoms in total. The van der Waals surface area contributed by atoms with Crippen molar-refractivity contribution in [2.24, 2.45) is 5.92 Å². The third-order valence-corrected chi connectivity index (χ3v) is 3.87. The lowest BCUT2D eigenvalue weighted by molar-refractivity contribution is -0.144. The van der Waals surface area contributed by atoms with Gasteiger partial charge in [-0.25, -0.2) is 0 Å². The van der Waals surface area contributed by atoms with Crippen molar-refractivity contribution >= 4 is 11.7 Å². The van der Waals surface area contributed by atoms with E-state index in [9.17, 15) is 9.59 Å². The van der Waals surface area contributed by atoms with E-state index in [2.05, 4.69) is 0 Å². The zero-order valence-corrected chi connectivity index (χ0v) is 10.5. The molecule has 1 saturated heterocycles. The summed E-state index contributed by atoms with van der Waals surface area (Å²) in [6, 6.07) is 0.183. The van der Waals surface area contributed by atoms with Gasteiger partial charge in [-0.1, -0.05) is 6.42 Å². The number of likely N-dealkylation sites (tertiary alicyclic amines) is 1. The number of rotatable bonds is 3. The SMILES string of the molecule is COC[C@@H]1CCCN1C(=O)C1CCCCC1=O. The van der Waals surface area contributed by atoms with Gasteiger partial charge in [-0.05, 0) is 25.7 Å². The van der Waals surface area contributed by atoms with Crippen LogP contribution in [0, 0.1) is 5.92 Å². The van der Waals surface area contributed by atoms with Crippen molar-refractivity contribution in [1.82, 2.24) is 4.90 Å². The number of nitrogens with zero attached hydrogens (tertiary/aromatic N) is 1. The number of carbonyl (C=O) groups is 2. The van der Waals surface area contributed by atoms with Gasteiger partial charge < -0.3 is 9.64 Å². The molecule has 0 bridgehead atoms. The molecule has 0 aromatic heterocycles. The van der Waals surface area contributed by atoms with Crippen LogP contribution in [0.15, 0.2) is 0 Å². The van der Waals surface area contributed by atoms with Crippen LogP contribution in [0.4, 0.5) is 0 Å². The predicted molar refractivity (Wildman–Crippen MR) is 63.6 cm³/mol. The fourth-order valence-electron chi connectivity index (χ4n) is 2.94. The maximum Gasteiger partial charge on any atom is 0.233 e. The Morgan fingerprint density at radius 2 is 2.18 bits per heavy atom. The third kappa shape index (κ3) is 2.68. The van der Waals surface area contributed by atoms with E-state index >= 15 is 0 Å². The first-order valence-corrected chi connectivity index (χ1v) is 6.56. The van der Waals surface area contributed by atoms with Gasteiger partial charge in [-0.15, -0.1) is 0 Å². The van der Waals surface area contributed by atoms with E-state index in [1.165, 1.54) is 0 Å². The van der Waals surface area contributed by atoms with Crippen molar-refractivity contribution in [1.29, 1.82) is 0 Å². The largest absolute Gasteiger partial charge is 0.383 e. The Balaban J connectivity index is 2.00. The highest BCUT2D eigenvalue weighted by Crippen LogP contribution is 2.26. The molecule has 4 heteroatoms. The number of carbonyl (C=O) groups excluding carboxylic acids is 2. The average molecular weight is 239 g/mol. The summed E-state index contributed by atoms with van der Waals surface area (Å²) in [6.45, 7) is 1.38. The van der Waals surface area contributed by atoms with Crippen molar-refractivity contribution in [3.05, 3.63) is 0 Å². The van der Waals surface area contributed by atoms with E-state index in [1.54, 1.807) is 7.11 Å². The van der Waals surface area contributed by atoms with Gasteiger partial charge in [-0.3, -0.25) is 9.59 Å². The summed E-state index contributed by atoms with van der Waals surface area (Å²) < 4.78 is 5.14. The van der Waals surface area contributed by atoms with Crippen molar-refractivity contribution in [2.75, 3.05) is 20.3 Å². The van der Waals surface area contributed by atoms with Crippen LogP contribution in [-0.4, -0.2) is 42.9 Å². The molecule has 1 aliphatic heterocycles. The molecule has 2 atom stereocenters. The third-order valence-electron chi connectivity index (χ3n) is 3.87. The first kappa shape index (κ1) is 12.6. The van der Waals surface area contributed by atoms with Crippen molar-refractivity contribution in [3.63, 3.8) is 0 Å². The molecule has 0 N–H and O–H groups in total. The van der Waals surface area contributed by atoms with Gasteiger partial charge in [0, 0.05) is 20.1 Å². The first-order valence-electron chi connectivity index (χ1n) is 6.56. The highest BCUT2D eigenvalue weighted by atomic mass is 16.5. The Bertz CT molecular complexity index is 303. The Kier molecular flexibility index (Phi) is 4.15. The summed E-state index contributed by atoms with van der Waals surface area (Å²) in [5, 5.41) is 0. The number of methoxy groups -OCH3 is 1. The maximum atomic E-state index is 12.3. The Hall–Kier alpha value is -0.900. The second-order valence-corrected chi connectivity index (χ2v) is 5.05. The van der Waals surface area contributed by atoms with Crippen LogP contribution in [-0.2, 0) is 14.3 Å². The first-order chi connectivity index (χ1) is 8.24. The monoisotopic (exact) mass is 239 g/mol. The maximum absolute atomic E-state index is 12.3. The zero-order valence-electron chi connectivity index (χ0n) is 10.5. The fourth-order valence-corrected chi connectivity index (χ4v) is 2.94. The van der Waals surface area contributed by atoms with Gasteiger partial charge in [-0.2, -0.15) is 0 Å². The minimum absolute atomic E-state index is 0.0502. The number of ketones is 1. The van der Waals surface area contributed by atoms with E-state index in [4.69, 9.17) is 4.74 Å². The predicted octanol–water partition coefficient (Wildman–Crippen LogP) is 1.38. The number of Topliss-reactive ketones (excluding diaryl/α,β-unsaturated/α-hetero) is 1. The molecule has 1 amide bonds. The molecule has 2 fully saturated rings. The number of hydrogen-bond donors (Lipinski definition) is 0. The average Bonchev–Trinajstić information content (AvgIpc) is 2.78. The molecule has 1 unspecified atom stereocenters. The summed E-state index contributed by atoms with van der Waals surface area (Å²) in [5.74, 6) is -0.167. The fraction of sp³-hybridized carbons (Fsp3) is 0.846. The van der Waals surface area contributed by atoms with Crippen molar-refractivity contribution in [3.8, 4) is 0 Å². The molecule has 1 saturated carbocycles. The highest BCUT2D eigenvalue weighted by molar-refractivity contribution is 6.01. The molecule has 96 valence electrons. The van der Waals surface area contributed by atoms with Crippen LogP contribution in [0.5, 0.6) is 0 Å². The highest BCUT2D eigenvalue weighted by Gasteiger charge is 2.36. The molecule has 2 aliphatic rings. The van der Waals surface area contributed by atoms with Crippen LogP contribution < -0.4 is 0 Å². The molecule has 1 heterocycles. The van der Waals surface area contributed by atoms with Crippen LogP contribution >= 0.6 is 0 Å². The standard InChI is InChI=1S/C13H21NO3/c1-17-9-10-5-4-8-14(10)13(16)11-6-2-3-7-12(11)15/h10-11H,2-9H2,1H3/t10-,11?/m0/s1. The number of ether oxygens (including phenoxy) is 1. The van der Waals surface area contributed by atoms with Crippen LogP contribution in [0.1, 0.15) is 38.5 Å². The lowest BCUT2D eigenvalue weighted by Crippen LogP contribution is -2.44. The van der Waals surface area contributed by atoms with E-state index < -0.39 is 0 Å². The van der Waals surface area contributed by atoms with E-state index in [0.717, 1.165) is 38.6 Å². The van der Waals surface area contributed by atoms with E-state index in [-0.39, 0.29) is 23.7 Å². The Morgan fingerprint density at radius 3 is 2.88 bits per heavy atom. The smallest absolute Gasteiger partial charge is 0.233 e. The van der Waals surface area contributed by atoms with E-state index in [0.29, 0.717) is 13.0 Å². The quantitative estimate of drug-likeness (QED) is 0.699. The normalized spacial score (nSPS) is 29.7. The van der Waals surface area contributed by atoms with E-state index in [1.807, 2.05) is 4.90 Å². The molecule has 0 aromatic rings. The minimum Gasteiger partial charge on any atom is -0.383 e. The van der Waals surface area contributed by atoms with Gasteiger partial charge in [0.15, 0.2) is 0 Å². The second-order valence-electron chi connectivity index (χ2n) is 5.05. The molecular weight excluding hydrogens is 218 g/mol. The van der Waals surface area contributed by atoms with Gasteiger partial charge in [0.2, 0.25) is 5.91 Å². The van der Waals surface area contributed by atoms with Crippen LogP contribution in [0.3, 0.4) is 0 Å². The molecular formula is C13H21NO3. The summed E-state index contributed by atoms with van der Waals surface area (Å²) in [7, 11) is 1.66. The van der Waals surface area contributed by atoms with Crippen molar-refractivity contribution in [2.45, 2.75) is 44.6 Å². The van der Waals surface area contributed by atoms with Gasteiger partial charge >= 0.3 is 0 Å². The molecule has 1 aliphatic carbocycles. The summed E-state index contributed by atoms with van der Waals surface area (Å²) >= 11 is 0. The van der Waals surface area contributed by atoms with Gasteiger partial charge in [0.1, 0.15) is 5.78 Å².